The molecule has 2 rings (SSSR count). The molecule has 1 aromatic heterocycles. The van der Waals surface area contributed by atoms with Crippen LogP contribution < -0.4 is 0 Å². The Hall–Kier alpha value is -2.80. The van der Waals surface area contributed by atoms with Crippen molar-refractivity contribution in [1.82, 2.24) is 9.80 Å². The van der Waals surface area contributed by atoms with Crippen LogP contribution in [0.1, 0.15) is 25.0 Å². The van der Waals surface area contributed by atoms with E-state index in [1.54, 1.807) is 23.3 Å². The molecule has 0 aromatic carbocycles. The van der Waals surface area contributed by atoms with Gasteiger partial charge in [0.1, 0.15) is 5.76 Å². The van der Waals surface area contributed by atoms with Crippen molar-refractivity contribution in [2.45, 2.75) is 25.8 Å². The van der Waals surface area contributed by atoms with Crippen molar-refractivity contribution in [2.24, 2.45) is 5.92 Å². The van der Waals surface area contributed by atoms with Crippen LogP contribution in [0.3, 0.4) is 0 Å². The summed E-state index contributed by atoms with van der Waals surface area (Å²) in [5.74, 6) is 0.0122. The fourth-order valence-electron chi connectivity index (χ4n) is 2.64. The first-order valence-corrected chi connectivity index (χ1v) is 7.48. The van der Waals surface area contributed by atoms with Crippen LogP contribution in [0.4, 0.5) is 0 Å². The zero-order chi connectivity index (χ0) is 16.7. The van der Waals surface area contributed by atoms with Gasteiger partial charge in [-0.05, 0) is 12.1 Å². The Balaban J connectivity index is 1.97. The molecule has 0 radical (unpaired) electrons. The van der Waals surface area contributed by atoms with Crippen molar-refractivity contribution in [1.29, 1.82) is 10.5 Å². The molecule has 0 bridgehead atoms. The molecule has 120 valence electrons. The highest BCUT2D eigenvalue weighted by Gasteiger charge is 2.36. The van der Waals surface area contributed by atoms with Crippen molar-refractivity contribution in [2.75, 3.05) is 19.6 Å². The first-order valence-electron chi connectivity index (χ1n) is 7.48. The van der Waals surface area contributed by atoms with E-state index in [-0.39, 0.29) is 31.1 Å². The Morgan fingerprint density at radius 2 is 2.04 bits per heavy atom. The fourth-order valence-corrected chi connectivity index (χ4v) is 2.64. The normalized spacial score (nSPS) is 16.9. The van der Waals surface area contributed by atoms with Crippen molar-refractivity contribution in [3.8, 4) is 12.1 Å². The summed E-state index contributed by atoms with van der Waals surface area (Å²) in [6.07, 6.45) is 2.14. The lowest BCUT2D eigenvalue weighted by Gasteiger charge is -2.23. The number of amides is 2. The van der Waals surface area contributed by atoms with Crippen molar-refractivity contribution < 1.29 is 14.0 Å². The van der Waals surface area contributed by atoms with Gasteiger partial charge in [-0.2, -0.15) is 10.5 Å². The van der Waals surface area contributed by atoms with Gasteiger partial charge >= 0.3 is 0 Å². The Kier molecular flexibility index (Phi) is 5.76. The first kappa shape index (κ1) is 16.6. The average Bonchev–Trinajstić information content (AvgIpc) is 3.18. The standard InChI is InChI=1S/C16H18N4O3/c17-5-2-7-19(8-3-6-18)16(22)13-10-15(21)20(11-13)12-14-4-1-9-23-14/h1,4,9,13H,2-3,7-8,10-12H2. The molecule has 2 amide bonds. The Labute approximate surface area is 134 Å². The van der Waals surface area contributed by atoms with Crippen LogP contribution in [-0.4, -0.2) is 41.2 Å². The lowest BCUT2D eigenvalue weighted by molar-refractivity contribution is -0.135. The largest absolute Gasteiger partial charge is 0.467 e. The summed E-state index contributed by atoms with van der Waals surface area (Å²) in [5, 5.41) is 17.4. The van der Waals surface area contributed by atoms with E-state index in [1.165, 1.54) is 4.90 Å². The second-order valence-corrected chi connectivity index (χ2v) is 5.40. The maximum absolute atomic E-state index is 12.6. The number of nitrogens with zero attached hydrogens (tertiary/aromatic N) is 4. The molecule has 1 fully saturated rings. The van der Waals surface area contributed by atoms with E-state index in [4.69, 9.17) is 14.9 Å². The summed E-state index contributed by atoms with van der Waals surface area (Å²) in [6.45, 7) is 1.28. The van der Waals surface area contributed by atoms with Gasteiger partial charge in [0.05, 0.1) is 43.7 Å². The minimum Gasteiger partial charge on any atom is -0.467 e. The predicted octanol–water partition coefficient (Wildman–Crippen LogP) is 1.28. The summed E-state index contributed by atoms with van der Waals surface area (Å²) in [4.78, 5) is 27.8. The zero-order valence-electron chi connectivity index (χ0n) is 12.8. The lowest BCUT2D eigenvalue weighted by Crippen LogP contribution is -2.38. The Bertz CT molecular complexity index is 609. The van der Waals surface area contributed by atoms with E-state index < -0.39 is 5.92 Å². The molecular formula is C16H18N4O3. The van der Waals surface area contributed by atoms with Crippen LogP contribution in [0.15, 0.2) is 22.8 Å². The number of hydrogen-bond acceptors (Lipinski definition) is 5. The highest BCUT2D eigenvalue weighted by atomic mass is 16.3. The summed E-state index contributed by atoms with van der Waals surface area (Å²) in [7, 11) is 0. The average molecular weight is 314 g/mol. The summed E-state index contributed by atoms with van der Waals surface area (Å²) < 4.78 is 5.23. The van der Waals surface area contributed by atoms with Crippen LogP contribution in [-0.2, 0) is 16.1 Å². The van der Waals surface area contributed by atoms with Crippen LogP contribution in [0.25, 0.3) is 0 Å². The van der Waals surface area contributed by atoms with Gasteiger partial charge in [-0.15, -0.1) is 0 Å². The first-order chi connectivity index (χ1) is 11.2. The SMILES string of the molecule is N#CCCN(CCC#N)C(=O)C1CC(=O)N(Cc2ccco2)C1. The number of carbonyl (C=O) groups excluding carboxylic acids is 2. The molecule has 1 atom stereocenters. The van der Waals surface area contributed by atoms with E-state index in [0.717, 1.165) is 0 Å². The van der Waals surface area contributed by atoms with Gasteiger partial charge in [-0.1, -0.05) is 0 Å². The van der Waals surface area contributed by atoms with Crippen molar-refractivity contribution in [3.05, 3.63) is 24.2 Å². The number of rotatable bonds is 7. The van der Waals surface area contributed by atoms with Gasteiger partial charge < -0.3 is 14.2 Å². The fraction of sp³-hybridized carbons (Fsp3) is 0.500. The van der Waals surface area contributed by atoms with Crippen LogP contribution >= 0.6 is 0 Å². The molecule has 1 aliphatic rings. The van der Waals surface area contributed by atoms with Gasteiger partial charge in [0, 0.05) is 26.1 Å². The minimum absolute atomic E-state index is 0.0831. The third kappa shape index (κ3) is 4.33. The van der Waals surface area contributed by atoms with Crippen molar-refractivity contribution in [3.63, 3.8) is 0 Å². The second kappa shape index (κ2) is 8.00. The third-order valence-electron chi connectivity index (χ3n) is 3.79. The van der Waals surface area contributed by atoms with Crippen molar-refractivity contribution >= 4 is 11.8 Å². The summed E-state index contributed by atoms with van der Waals surface area (Å²) in [5.41, 5.74) is 0. The van der Waals surface area contributed by atoms with Gasteiger partial charge in [0.25, 0.3) is 0 Å². The molecule has 1 unspecified atom stereocenters. The smallest absolute Gasteiger partial charge is 0.228 e. The quantitative estimate of drug-likeness (QED) is 0.754. The molecule has 0 N–H and O–H groups in total. The number of likely N-dealkylation sites (tertiary alicyclic amines) is 1. The predicted molar refractivity (Wildman–Crippen MR) is 79.3 cm³/mol. The molecule has 23 heavy (non-hydrogen) atoms. The Morgan fingerprint density at radius 1 is 1.35 bits per heavy atom. The van der Waals surface area contributed by atoms with Gasteiger partial charge in [-0.3, -0.25) is 9.59 Å². The lowest BCUT2D eigenvalue weighted by atomic mass is 10.1. The van der Waals surface area contributed by atoms with E-state index >= 15 is 0 Å². The van der Waals surface area contributed by atoms with E-state index in [0.29, 0.717) is 31.9 Å². The minimum atomic E-state index is -0.421. The van der Waals surface area contributed by atoms with E-state index in [2.05, 4.69) is 0 Å². The molecule has 2 heterocycles. The van der Waals surface area contributed by atoms with Gasteiger partial charge in [0.15, 0.2) is 0 Å². The molecule has 1 saturated heterocycles. The maximum atomic E-state index is 12.6. The highest BCUT2D eigenvalue weighted by Crippen LogP contribution is 2.22. The number of nitriles is 2. The number of furan rings is 1. The topological polar surface area (TPSA) is 101 Å². The molecule has 7 heteroatoms. The Morgan fingerprint density at radius 3 is 2.61 bits per heavy atom. The molecule has 1 aliphatic heterocycles. The monoisotopic (exact) mass is 314 g/mol. The third-order valence-corrected chi connectivity index (χ3v) is 3.79. The highest BCUT2D eigenvalue weighted by molar-refractivity contribution is 5.89. The van der Waals surface area contributed by atoms with E-state index in [1.807, 2.05) is 12.1 Å². The summed E-state index contributed by atoms with van der Waals surface area (Å²) >= 11 is 0. The van der Waals surface area contributed by atoms with Gasteiger partial charge in [-0.25, -0.2) is 0 Å². The maximum Gasteiger partial charge on any atom is 0.228 e. The molecule has 7 nitrogen and oxygen atoms in total. The molecule has 0 saturated carbocycles. The number of hydrogen-bond donors (Lipinski definition) is 0. The second-order valence-electron chi connectivity index (χ2n) is 5.40. The van der Waals surface area contributed by atoms with Crippen LogP contribution in [0.2, 0.25) is 0 Å². The molecule has 0 spiro atoms. The number of carbonyl (C=O) groups is 2. The zero-order valence-corrected chi connectivity index (χ0v) is 12.8. The molecule has 0 aliphatic carbocycles. The molecular weight excluding hydrogens is 296 g/mol. The summed E-state index contributed by atoms with van der Waals surface area (Å²) in [6, 6.07) is 7.54. The van der Waals surface area contributed by atoms with Gasteiger partial charge in [0.2, 0.25) is 11.8 Å². The van der Waals surface area contributed by atoms with Crippen LogP contribution in [0.5, 0.6) is 0 Å². The van der Waals surface area contributed by atoms with E-state index in [9.17, 15) is 9.59 Å². The molecule has 1 aromatic rings. The van der Waals surface area contributed by atoms with Crippen LogP contribution in [0, 0.1) is 28.6 Å².